The van der Waals surface area contributed by atoms with E-state index >= 15 is 0 Å². The first kappa shape index (κ1) is 13.0. The zero-order valence-corrected chi connectivity index (χ0v) is 10.6. The number of nitrogens with one attached hydrogen (secondary N) is 1. The van der Waals surface area contributed by atoms with Gasteiger partial charge in [-0.2, -0.15) is 5.10 Å². The number of nitrogens with zero attached hydrogens (tertiary/aromatic N) is 2. The Hall–Kier alpha value is -2.48. The molecule has 7 nitrogen and oxygen atoms in total. The molecule has 0 bridgehead atoms. The molecule has 19 heavy (non-hydrogen) atoms. The summed E-state index contributed by atoms with van der Waals surface area (Å²) in [5.74, 6) is -1.56. The lowest BCUT2D eigenvalue weighted by molar-refractivity contribution is 0.0702. The normalized spacial score (nSPS) is 10.2. The molecule has 0 aliphatic heterocycles. The summed E-state index contributed by atoms with van der Waals surface area (Å²) in [5, 5.41) is 15.5. The van der Waals surface area contributed by atoms with Crippen molar-refractivity contribution in [3.05, 3.63) is 45.2 Å². The highest BCUT2D eigenvalue weighted by atomic mass is 32.1. The van der Waals surface area contributed by atoms with Crippen LogP contribution in [-0.2, 0) is 7.05 Å². The van der Waals surface area contributed by atoms with Crippen LogP contribution in [0.5, 0.6) is 0 Å². The van der Waals surface area contributed by atoms with Crippen molar-refractivity contribution in [2.75, 3.05) is 5.32 Å². The third-order valence-corrected chi connectivity index (χ3v) is 3.24. The summed E-state index contributed by atoms with van der Waals surface area (Å²) >= 11 is 0.944. The maximum absolute atomic E-state index is 11.8. The number of carboxylic acid groups (broad SMARTS) is 1. The van der Waals surface area contributed by atoms with Crippen LogP contribution in [0.3, 0.4) is 0 Å². The third-order valence-electron chi connectivity index (χ3n) is 2.25. The molecule has 0 aliphatic rings. The largest absolute Gasteiger partial charge is 0.477 e. The van der Waals surface area contributed by atoms with Crippen LogP contribution >= 0.6 is 11.3 Å². The number of thiophene rings is 1. The Morgan fingerprint density at radius 1 is 1.32 bits per heavy atom. The van der Waals surface area contributed by atoms with Crippen LogP contribution in [0.1, 0.15) is 20.2 Å². The van der Waals surface area contributed by atoms with Gasteiger partial charge in [-0.3, -0.25) is 9.59 Å². The maximum Gasteiger partial charge on any atom is 0.345 e. The van der Waals surface area contributed by atoms with Gasteiger partial charge in [-0.1, -0.05) is 0 Å². The van der Waals surface area contributed by atoms with Crippen molar-refractivity contribution in [3.63, 3.8) is 0 Å². The second kappa shape index (κ2) is 5.02. The van der Waals surface area contributed by atoms with Crippen LogP contribution < -0.4 is 10.9 Å². The van der Waals surface area contributed by atoms with Crippen molar-refractivity contribution in [1.82, 2.24) is 9.78 Å². The Balaban J connectivity index is 2.18. The van der Waals surface area contributed by atoms with E-state index < -0.39 is 11.9 Å². The minimum absolute atomic E-state index is 0.0763. The first-order chi connectivity index (χ1) is 8.97. The Morgan fingerprint density at radius 3 is 2.63 bits per heavy atom. The number of hydrogen-bond donors (Lipinski definition) is 2. The van der Waals surface area contributed by atoms with Crippen LogP contribution in [0.4, 0.5) is 5.00 Å². The lowest BCUT2D eigenvalue weighted by Crippen LogP contribution is -2.23. The van der Waals surface area contributed by atoms with Crippen molar-refractivity contribution in [2.24, 2.45) is 7.05 Å². The number of carbonyl (C=O) groups is 2. The molecule has 0 saturated heterocycles. The summed E-state index contributed by atoms with van der Waals surface area (Å²) in [6.07, 6.45) is 0. The molecule has 2 aromatic heterocycles. The minimum atomic E-state index is -1.05. The zero-order valence-electron chi connectivity index (χ0n) is 9.78. The van der Waals surface area contributed by atoms with Gasteiger partial charge in [-0.25, -0.2) is 9.48 Å². The fourth-order valence-electron chi connectivity index (χ4n) is 1.32. The molecule has 2 heterocycles. The predicted molar refractivity (Wildman–Crippen MR) is 68.7 cm³/mol. The monoisotopic (exact) mass is 279 g/mol. The lowest BCUT2D eigenvalue weighted by Gasteiger charge is -2.02. The number of aromatic carboxylic acids is 1. The molecular formula is C11H9N3O4S. The summed E-state index contributed by atoms with van der Waals surface area (Å²) in [4.78, 5) is 33.8. The molecule has 0 saturated carbocycles. The number of aromatic nitrogens is 2. The van der Waals surface area contributed by atoms with Crippen LogP contribution in [-0.4, -0.2) is 26.8 Å². The predicted octanol–water partition coefficient (Wildman–Crippen LogP) is 0.792. The molecule has 0 fully saturated rings. The van der Waals surface area contributed by atoms with E-state index in [0.717, 1.165) is 16.0 Å². The van der Waals surface area contributed by atoms with E-state index in [0.29, 0.717) is 5.00 Å². The van der Waals surface area contributed by atoms with E-state index in [2.05, 4.69) is 10.4 Å². The summed E-state index contributed by atoms with van der Waals surface area (Å²) < 4.78 is 1.05. The van der Waals surface area contributed by atoms with E-state index in [4.69, 9.17) is 5.11 Å². The molecule has 0 unspecified atom stereocenters. The summed E-state index contributed by atoms with van der Waals surface area (Å²) in [6, 6.07) is 5.44. The Bertz CT molecular complexity index is 704. The quantitative estimate of drug-likeness (QED) is 0.865. The number of carboxylic acids is 1. The van der Waals surface area contributed by atoms with Gasteiger partial charge in [0, 0.05) is 13.1 Å². The number of aryl methyl sites for hydroxylation is 1. The number of hydrogen-bond acceptors (Lipinski definition) is 5. The average Bonchev–Trinajstić information content (AvgIpc) is 2.81. The summed E-state index contributed by atoms with van der Waals surface area (Å²) in [6.45, 7) is 0. The maximum atomic E-state index is 11.8. The van der Waals surface area contributed by atoms with E-state index in [1.54, 1.807) is 0 Å². The molecule has 0 aromatic carbocycles. The number of amides is 1. The van der Waals surface area contributed by atoms with Gasteiger partial charge in [-0.05, 0) is 18.2 Å². The third kappa shape index (κ3) is 2.86. The molecule has 0 aliphatic carbocycles. The zero-order chi connectivity index (χ0) is 14.0. The van der Waals surface area contributed by atoms with E-state index in [1.165, 1.54) is 31.3 Å². The standard InChI is InChI=1S/C11H9N3O4S/c1-14-9(15)5-2-6(13-14)10(16)12-8-4-3-7(19-8)11(17)18/h2-5H,1H3,(H,12,16)(H,17,18). The van der Waals surface area contributed by atoms with E-state index in [-0.39, 0.29) is 16.1 Å². The topological polar surface area (TPSA) is 101 Å². The minimum Gasteiger partial charge on any atom is -0.477 e. The van der Waals surface area contributed by atoms with Crippen molar-refractivity contribution >= 4 is 28.2 Å². The van der Waals surface area contributed by atoms with Gasteiger partial charge in [0.15, 0.2) is 0 Å². The SMILES string of the molecule is Cn1nc(C(=O)Nc2ccc(C(=O)O)s2)ccc1=O. The molecule has 1 amide bonds. The second-order valence-corrected chi connectivity index (χ2v) is 4.69. The van der Waals surface area contributed by atoms with Crippen LogP contribution in [0.2, 0.25) is 0 Å². The van der Waals surface area contributed by atoms with E-state index in [9.17, 15) is 14.4 Å². The average molecular weight is 279 g/mol. The highest BCUT2D eigenvalue weighted by Crippen LogP contribution is 2.22. The van der Waals surface area contributed by atoms with Gasteiger partial charge >= 0.3 is 5.97 Å². The van der Waals surface area contributed by atoms with Gasteiger partial charge in [0.25, 0.3) is 11.5 Å². The summed E-state index contributed by atoms with van der Waals surface area (Å²) in [5.41, 5.74) is -0.242. The molecule has 2 N–H and O–H groups in total. The molecule has 0 atom stereocenters. The van der Waals surface area contributed by atoms with Crippen molar-refractivity contribution in [3.8, 4) is 0 Å². The van der Waals surface area contributed by atoms with Crippen molar-refractivity contribution in [2.45, 2.75) is 0 Å². The van der Waals surface area contributed by atoms with E-state index in [1.807, 2.05) is 0 Å². The van der Waals surface area contributed by atoms with Crippen molar-refractivity contribution in [1.29, 1.82) is 0 Å². The number of carbonyl (C=O) groups excluding carboxylic acids is 1. The van der Waals surface area contributed by atoms with Crippen LogP contribution in [0.25, 0.3) is 0 Å². The second-order valence-electron chi connectivity index (χ2n) is 3.60. The Labute approximate surface area is 111 Å². The first-order valence-electron chi connectivity index (χ1n) is 5.16. The highest BCUT2D eigenvalue weighted by Gasteiger charge is 2.12. The lowest BCUT2D eigenvalue weighted by atomic mass is 10.3. The number of anilines is 1. The molecule has 98 valence electrons. The Kier molecular flexibility index (Phi) is 3.43. The van der Waals surface area contributed by atoms with Crippen LogP contribution in [0, 0.1) is 0 Å². The van der Waals surface area contributed by atoms with Gasteiger partial charge in [0.05, 0.1) is 5.00 Å². The number of rotatable bonds is 3. The van der Waals surface area contributed by atoms with Crippen LogP contribution in [0.15, 0.2) is 29.1 Å². The van der Waals surface area contributed by atoms with Gasteiger partial charge in [0.2, 0.25) is 0 Å². The first-order valence-corrected chi connectivity index (χ1v) is 5.98. The molecule has 0 radical (unpaired) electrons. The fraction of sp³-hybridized carbons (Fsp3) is 0.0909. The Morgan fingerprint density at radius 2 is 2.05 bits per heavy atom. The van der Waals surface area contributed by atoms with Crippen molar-refractivity contribution < 1.29 is 14.7 Å². The molecule has 2 rings (SSSR count). The van der Waals surface area contributed by atoms with Gasteiger partial charge < -0.3 is 10.4 Å². The molecular weight excluding hydrogens is 270 g/mol. The van der Waals surface area contributed by atoms with Gasteiger partial charge in [0.1, 0.15) is 10.6 Å². The fourth-order valence-corrected chi connectivity index (χ4v) is 2.06. The summed E-state index contributed by atoms with van der Waals surface area (Å²) in [7, 11) is 1.44. The molecule has 0 spiro atoms. The van der Waals surface area contributed by atoms with Gasteiger partial charge in [-0.15, -0.1) is 11.3 Å². The highest BCUT2D eigenvalue weighted by molar-refractivity contribution is 7.18. The molecule has 2 aromatic rings. The smallest absolute Gasteiger partial charge is 0.345 e. The molecule has 8 heteroatoms.